The van der Waals surface area contributed by atoms with E-state index in [1.807, 2.05) is 0 Å². The van der Waals surface area contributed by atoms with Crippen molar-refractivity contribution in [2.75, 3.05) is 0 Å². The minimum absolute atomic E-state index is 0.0240. The lowest BCUT2D eigenvalue weighted by Gasteiger charge is -2.32. The summed E-state index contributed by atoms with van der Waals surface area (Å²) in [5.74, 6) is 0.0240. The van der Waals surface area contributed by atoms with Gasteiger partial charge in [-0.2, -0.15) is 0 Å². The molecule has 4 nitrogen and oxygen atoms in total. The van der Waals surface area contributed by atoms with Crippen LogP contribution in [0, 0.1) is 0 Å². The highest BCUT2D eigenvalue weighted by Crippen LogP contribution is 2.41. The number of benzene rings is 3. The van der Waals surface area contributed by atoms with E-state index in [9.17, 15) is 0 Å². The minimum Gasteiger partial charge on any atom is -0.399 e. The normalized spacial score (nSPS) is 22.5. The van der Waals surface area contributed by atoms with Gasteiger partial charge >= 0.3 is 14.2 Å². The fraction of sp³-hybridized carbons (Fsp3) is 0.394. The molecule has 3 aromatic carbocycles. The van der Waals surface area contributed by atoms with E-state index >= 15 is 0 Å². The van der Waals surface area contributed by atoms with Gasteiger partial charge < -0.3 is 18.6 Å². The first-order valence-electron chi connectivity index (χ1n) is 14.0. The summed E-state index contributed by atoms with van der Waals surface area (Å²) >= 11 is 0. The van der Waals surface area contributed by atoms with Crippen LogP contribution < -0.4 is 10.9 Å². The number of hydrogen-bond acceptors (Lipinski definition) is 4. The molecule has 2 aliphatic heterocycles. The summed E-state index contributed by atoms with van der Waals surface area (Å²) in [6.07, 6.45) is 4.44. The Morgan fingerprint density at radius 1 is 0.513 bits per heavy atom. The summed E-state index contributed by atoms with van der Waals surface area (Å²) in [5, 5.41) is 0. The summed E-state index contributed by atoms with van der Waals surface area (Å²) in [4.78, 5) is 0. The molecule has 0 amide bonds. The van der Waals surface area contributed by atoms with Gasteiger partial charge in [0.2, 0.25) is 0 Å². The molecule has 6 rings (SSSR count). The predicted molar refractivity (Wildman–Crippen MR) is 161 cm³/mol. The zero-order valence-corrected chi connectivity index (χ0v) is 24.4. The van der Waals surface area contributed by atoms with Crippen molar-refractivity contribution in [3.63, 3.8) is 0 Å². The zero-order valence-electron chi connectivity index (χ0n) is 24.4. The molecule has 0 aromatic heterocycles. The molecule has 2 fully saturated rings. The third-order valence-corrected chi connectivity index (χ3v) is 9.47. The Kier molecular flexibility index (Phi) is 6.09. The Hall–Kier alpha value is -2.63. The lowest BCUT2D eigenvalue weighted by atomic mass is 9.72. The van der Waals surface area contributed by atoms with Crippen molar-refractivity contribution in [1.29, 1.82) is 0 Å². The molecule has 0 unspecified atom stereocenters. The van der Waals surface area contributed by atoms with Gasteiger partial charge in [-0.05, 0) is 94.1 Å². The summed E-state index contributed by atoms with van der Waals surface area (Å²) in [5.41, 5.74) is 6.57. The van der Waals surface area contributed by atoms with E-state index in [0.717, 1.165) is 10.9 Å². The molecule has 0 spiro atoms. The van der Waals surface area contributed by atoms with Gasteiger partial charge in [-0.3, -0.25) is 0 Å². The molecule has 2 heterocycles. The Morgan fingerprint density at radius 3 is 1.28 bits per heavy atom. The molecule has 1 aliphatic carbocycles. The lowest BCUT2D eigenvalue weighted by molar-refractivity contribution is 0.00578. The number of hydrogen-bond donors (Lipinski definition) is 0. The smallest absolute Gasteiger partial charge is 0.399 e. The van der Waals surface area contributed by atoms with Gasteiger partial charge in [0.05, 0.1) is 22.4 Å². The van der Waals surface area contributed by atoms with Gasteiger partial charge in [0.15, 0.2) is 0 Å². The van der Waals surface area contributed by atoms with E-state index < -0.39 is 36.6 Å². The SMILES string of the molecule is CC1(C)OB(c2ccc3c(c2)C(c2ccccc2)c2cc(B4OC(C)(C)C(C)(C)O4)ccc2C=C3)OC1(C)C. The van der Waals surface area contributed by atoms with E-state index in [0.29, 0.717) is 0 Å². The van der Waals surface area contributed by atoms with Crippen LogP contribution in [0.2, 0.25) is 0 Å². The minimum atomic E-state index is -0.417. The maximum atomic E-state index is 6.44. The highest BCUT2D eigenvalue weighted by atomic mass is 16.7. The van der Waals surface area contributed by atoms with Crippen LogP contribution in [0.25, 0.3) is 12.2 Å². The molecular weight excluding hydrogens is 482 g/mol. The van der Waals surface area contributed by atoms with Crippen molar-refractivity contribution in [2.24, 2.45) is 0 Å². The largest absolute Gasteiger partial charge is 0.494 e. The lowest BCUT2D eigenvalue weighted by Crippen LogP contribution is -2.41. The molecule has 2 saturated heterocycles. The van der Waals surface area contributed by atoms with E-state index in [2.05, 4.69) is 134 Å². The van der Waals surface area contributed by atoms with E-state index in [4.69, 9.17) is 18.6 Å². The molecule has 0 saturated carbocycles. The van der Waals surface area contributed by atoms with Crippen LogP contribution in [-0.4, -0.2) is 36.6 Å². The average molecular weight is 520 g/mol. The summed E-state index contributed by atoms with van der Waals surface area (Å²) < 4.78 is 25.7. The first-order valence-corrected chi connectivity index (χ1v) is 14.0. The quantitative estimate of drug-likeness (QED) is 0.313. The fourth-order valence-electron chi connectivity index (χ4n) is 5.59. The van der Waals surface area contributed by atoms with Gasteiger partial charge in [-0.15, -0.1) is 0 Å². The molecule has 3 aromatic rings. The molecule has 0 radical (unpaired) electrons. The molecular formula is C33H38B2O4. The molecule has 200 valence electrons. The third-order valence-electron chi connectivity index (χ3n) is 9.47. The second-order valence-electron chi connectivity index (χ2n) is 13.1. The van der Waals surface area contributed by atoms with E-state index in [1.165, 1.54) is 27.8 Å². The third kappa shape index (κ3) is 4.42. The predicted octanol–water partition coefficient (Wildman–Crippen LogP) is 5.95. The summed E-state index contributed by atoms with van der Waals surface area (Å²) in [6.45, 7) is 16.8. The van der Waals surface area contributed by atoms with Crippen LogP contribution in [0.5, 0.6) is 0 Å². The second kappa shape index (κ2) is 8.94. The Balaban J connectivity index is 1.47. The highest BCUT2D eigenvalue weighted by molar-refractivity contribution is 6.62. The monoisotopic (exact) mass is 520 g/mol. The Morgan fingerprint density at radius 2 is 0.897 bits per heavy atom. The van der Waals surface area contributed by atoms with E-state index in [1.54, 1.807) is 0 Å². The first-order chi connectivity index (χ1) is 18.3. The van der Waals surface area contributed by atoms with Crippen LogP contribution in [0.4, 0.5) is 0 Å². The molecule has 39 heavy (non-hydrogen) atoms. The molecule has 0 N–H and O–H groups in total. The zero-order chi connectivity index (χ0) is 27.8. The molecule has 6 heteroatoms. The molecule has 0 atom stereocenters. The van der Waals surface area contributed by atoms with Gasteiger partial charge in [-0.1, -0.05) is 78.9 Å². The van der Waals surface area contributed by atoms with Gasteiger partial charge in [-0.25, -0.2) is 0 Å². The fourth-order valence-corrected chi connectivity index (χ4v) is 5.59. The number of fused-ring (bicyclic) bond motifs is 2. The first kappa shape index (κ1) is 26.6. The van der Waals surface area contributed by atoms with Crippen LogP contribution in [0.3, 0.4) is 0 Å². The van der Waals surface area contributed by atoms with Crippen LogP contribution >= 0.6 is 0 Å². The van der Waals surface area contributed by atoms with Crippen LogP contribution in [-0.2, 0) is 18.6 Å². The van der Waals surface area contributed by atoms with E-state index in [-0.39, 0.29) is 5.92 Å². The van der Waals surface area contributed by atoms with Crippen molar-refractivity contribution < 1.29 is 18.6 Å². The van der Waals surface area contributed by atoms with Gasteiger partial charge in [0, 0.05) is 5.92 Å². The standard InChI is InChI=1S/C33H38B2O4/c1-30(2)31(3,4)37-34(36-30)25-18-16-22-14-15-23-17-19-26(35-38-32(5,6)33(7,8)39-35)21-28(23)29(27(22)20-25)24-12-10-9-11-13-24/h9-21,29H,1-8H3. The maximum Gasteiger partial charge on any atom is 0.494 e. The molecule has 3 aliphatic rings. The highest BCUT2D eigenvalue weighted by Gasteiger charge is 2.53. The van der Waals surface area contributed by atoms with Crippen molar-refractivity contribution in [1.82, 2.24) is 0 Å². The van der Waals surface area contributed by atoms with Crippen LogP contribution in [0.1, 0.15) is 89.1 Å². The van der Waals surface area contributed by atoms with Gasteiger partial charge in [0.25, 0.3) is 0 Å². The van der Waals surface area contributed by atoms with Crippen molar-refractivity contribution in [2.45, 2.75) is 83.7 Å². The maximum absolute atomic E-state index is 6.44. The average Bonchev–Trinajstić information content (AvgIpc) is 3.15. The second-order valence-corrected chi connectivity index (χ2v) is 13.1. The topological polar surface area (TPSA) is 36.9 Å². The Bertz CT molecular complexity index is 1320. The van der Waals surface area contributed by atoms with Crippen molar-refractivity contribution >= 4 is 37.3 Å². The number of rotatable bonds is 3. The summed E-state index contributed by atoms with van der Waals surface area (Å²) in [6, 6.07) is 23.9. The van der Waals surface area contributed by atoms with Gasteiger partial charge in [0.1, 0.15) is 0 Å². The molecule has 0 bridgehead atoms. The summed E-state index contributed by atoms with van der Waals surface area (Å²) in [7, 11) is -0.834. The Labute approximate surface area is 234 Å². The van der Waals surface area contributed by atoms with Crippen LogP contribution in [0.15, 0.2) is 66.7 Å². The van der Waals surface area contributed by atoms with Crippen molar-refractivity contribution in [3.8, 4) is 0 Å². The van der Waals surface area contributed by atoms with Crippen molar-refractivity contribution in [3.05, 3.63) is 94.5 Å².